The summed E-state index contributed by atoms with van der Waals surface area (Å²) in [4.78, 5) is 0. The third-order valence-corrected chi connectivity index (χ3v) is 4.89. The van der Waals surface area contributed by atoms with Crippen molar-refractivity contribution in [2.24, 2.45) is 5.73 Å². The van der Waals surface area contributed by atoms with Gasteiger partial charge in [0.2, 0.25) is 0 Å². The first-order valence-electron chi connectivity index (χ1n) is 11.9. The largest absolute Gasteiger partial charge is 0.400 e. The normalized spacial score (nSPS) is 18.6. The second-order valence-electron chi connectivity index (χ2n) is 6.44. The molecule has 1 saturated carbocycles. The molecule has 5 N–H and O–H groups in total. The Labute approximate surface area is 208 Å². The molecular weight excluding hydrogens is 440 g/mol. The number of terminal acetylenes is 1. The van der Waals surface area contributed by atoms with Crippen molar-refractivity contribution in [2.75, 3.05) is 33.5 Å². The predicted molar refractivity (Wildman–Crippen MR) is 146 cm³/mol. The van der Waals surface area contributed by atoms with Crippen LogP contribution in [0, 0.1) is 24.5 Å². The first-order valence-corrected chi connectivity index (χ1v) is 12.8. The molecule has 1 aliphatic carbocycles. The maximum absolute atomic E-state index is 13.3. The fraction of sp³-hybridized carbons (Fsp3) is 0.692. The number of hydrogen-bond acceptors (Lipinski definition) is 5. The Hall–Kier alpha value is -1.17. The molecule has 1 aromatic rings. The van der Waals surface area contributed by atoms with Crippen molar-refractivity contribution in [3.63, 3.8) is 0 Å². The lowest BCUT2D eigenvalue weighted by Gasteiger charge is -2.34. The molecule has 3 rings (SSSR count). The van der Waals surface area contributed by atoms with Crippen LogP contribution in [0.15, 0.2) is 18.2 Å². The van der Waals surface area contributed by atoms with E-state index in [4.69, 9.17) is 5.11 Å². The number of aliphatic hydroxyl groups is 1. The summed E-state index contributed by atoms with van der Waals surface area (Å²) in [6.45, 7) is 10.2. The van der Waals surface area contributed by atoms with Gasteiger partial charge in [0.25, 0.3) is 0 Å². The number of nitrogens with two attached hydrogens (primary N) is 1. The Morgan fingerprint density at radius 3 is 1.58 bits per heavy atom. The molecule has 2 aliphatic rings. The average Bonchev–Trinajstić information content (AvgIpc) is 2.92. The summed E-state index contributed by atoms with van der Waals surface area (Å²) < 4.78 is 26.6. The monoisotopic (exact) mass is 491 g/mol. The van der Waals surface area contributed by atoms with Crippen LogP contribution in [0.3, 0.4) is 0 Å². The lowest BCUT2D eigenvalue weighted by molar-refractivity contribution is 0.283. The van der Waals surface area contributed by atoms with Gasteiger partial charge in [0.05, 0.1) is 0 Å². The van der Waals surface area contributed by atoms with Gasteiger partial charge in [-0.25, -0.2) is 8.78 Å². The second kappa shape index (κ2) is 30.8. The highest BCUT2D eigenvalue weighted by Crippen LogP contribution is 2.33. The quantitative estimate of drug-likeness (QED) is 0.291. The molecule has 0 aromatic heterocycles. The van der Waals surface area contributed by atoms with E-state index in [0.717, 1.165) is 57.5 Å². The number of hydrogen-bond donors (Lipinski definition) is 5. The van der Waals surface area contributed by atoms with Crippen LogP contribution >= 0.6 is 12.6 Å². The predicted octanol–water partition coefficient (Wildman–Crippen LogP) is 5.36. The van der Waals surface area contributed by atoms with E-state index in [9.17, 15) is 8.78 Å². The van der Waals surface area contributed by atoms with Gasteiger partial charge in [0, 0.05) is 25.3 Å². The molecule has 33 heavy (non-hydrogen) atoms. The molecule has 1 saturated heterocycles. The van der Waals surface area contributed by atoms with Crippen molar-refractivity contribution in [1.82, 2.24) is 10.6 Å². The van der Waals surface area contributed by atoms with Gasteiger partial charge < -0.3 is 21.5 Å². The zero-order valence-corrected chi connectivity index (χ0v) is 22.9. The maximum atomic E-state index is 13.3. The van der Waals surface area contributed by atoms with E-state index in [1.165, 1.54) is 32.0 Å². The maximum Gasteiger partial charge on any atom is 0.126 e. The van der Waals surface area contributed by atoms with Gasteiger partial charge in [0.15, 0.2) is 0 Å². The number of halogens is 2. The SMILES string of the molecule is C#C.CC.CC.CN.CO.CS.Fc1cc(F)cc(C2CCC(NC3CCNCC3)CC2)c1. The van der Waals surface area contributed by atoms with E-state index >= 15 is 0 Å². The van der Waals surface area contributed by atoms with Crippen molar-refractivity contribution < 1.29 is 13.9 Å². The Morgan fingerprint density at radius 1 is 0.818 bits per heavy atom. The third kappa shape index (κ3) is 18.9. The van der Waals surface area contributed by atoms with E-state index in [2.05, 4.69) is 41.8 Å². The van der Waals surface area contributed by atoms with Crippen molar-refractivity contribution in [3.8, 4) is 12.8 Å². The van der Waals surface area contributed by atoms with Gasteiger partial charge in [0.1, 0.15) is 11.6 Å². The van der Waals surface area contributed by atoms with Gasteiger partial charge in [-0.05, 0) is 88.5 Å². The Bertz CT molecular complexity index is 499. The molecular formula is C26H51F2N3OS. The van der Waals surface area contributed by atoms with Crippen LogP contribution in [-0.2, 0) is 0 Å². The highest BCUT2D eigenvalue weighted by molar-refractivity contribution is 7.79. The number of thiol groups is 1. The lowest BCUT2D eigenvalue weighted by atomic mass is 9.81. The number of aliphatic hydroxyl groups excluding tert-OH is 1. The van der Waals surface area contributed by atoms with Crippen LogP contribution in [0.1, 0.15) is 77.7 Å². The summed E-state index contributed by atoms with van der Waals surface area (Å²) in [5.41, 5.74) is 5.33. The molecule has 0 spiro atoms. The Kier molecular flexibility index (Phi) is 36.5. The van der Waals surface area contributed by atoms with E-state index in [-0.39, 0.29) is 0 Å². The number of nitrogens with one attached hydrogen (secondary N) is 2. The summed E-state index contributed by atoms with van der Waals surface area (Å²) in [6.07, 6.45) is 16.3. The third-order valence-electron chi connectivity index (χ3n) is 4.89. The van der Waals surface area contributed by atoms with Crippen molar-refractivity contribution in [3.05, 3.63) is 35.4 Å². The molecule has 1 aliphatic heterocycles. The first kappa shape index (κ1) is 39.1. The van der Waals surface area contributed by atoms with Crippen molar-refractivity contribution >= 4 is 12.6 Å². The van der Waals surface area contributed by atoms with Crippen LogP contribution in [0.25, 0.3) is 0 Å². The highest BCUT2D eigenvalue weighted by atomic mass is 32.1. The minimum absolute atomic E-state index is 0.307. The molecule has 0 amide bonds. The smallest absolute Gasteiger partial charge is 0.126 e. The summed E-state index contributed by atoms with van der Waals surface area (Å²) in [5, 5.41) is 14.1. The summed E-state index contributed by atoms with van der Waals surface area (Å²) in [5.74, 6) is -0.610. The van der Waals surface area contributed by atoms with Gasteiger partial charge in [-0.1, -0.05) is 27.7 Å². The van der Waals surface area contributed by atoms with Crippen LogP contribution in [0.5, 0.6) is 0 Å². The van der Waals surface area contributed by atoms with Crippen LogP contribution in [-0.4, -0.2) is 50.7 Å². The molecule has 1 heterocycles. The van der Waals surface area contributed by atoms with Crippen LogP contribution in [0.2, 0.25) is 0 Å². The lowest BCUT2D eigenvalue weighted by Crippen LogP contribution is -2.45. The Morgan fingerprint density at radius 2 is 1.18 bits per heavy atom. The van der Waals surface area contributed by atoms with Crippen LogP contribution in [0.4, 0.5) is 8.78 Å². The molecule has 7 heteroatoms. The molecule has 4 nitrogen and oxygen atoms in total. The number of benzene rings is 1. The summed E-state index contributed by atoms with van der Waals surface area (Å²) >= 11 is 3.53. The fourth-order valence-electron chi connectivity index (χ4n) is 3.73. The van der Waals surface area contributed by atoms with Gasteiger partial charge in [-0.3, -0.25) is 0 Å². The molecule has 2 fully saturated rings. The molecule has 1 aromatic carbocycles. The zero-order valence-electron chi connectivity index (χ0n) is 22.0. The van der Waals surface area contributed by atoms with E-state index < -0.39 is 11.6 Å². The fourth-order valence-corrected chi connectivity index (χ4v) is 3.73. The topological polar surface area (TPSA) is 70.3 Å². The highest BCUT2D eigenvalue weighted by Gasteiger charge is 2.25. The van der Waals surface area contributed by atoms with Gasteiger partial charge in [-0.15, -0.1) is 12.8 Å². The second-order valence-corrected chi connectivity index (χ2v) is 6.44. The van der Waals surface area contributed by atoms with E-state index in [0.29, 0.717) is 18.0 Å². The van der Waals surface area contributed by atoms with Crippen molar-refractivity contribution in [1.29, 1.82) is 0 Å². The minimum Gasteiger partial charge on any atom is -0.400 e. The molecule has 0 unspecified atom stereocenters. The average molecular weight is 492 g/mol. The standard InChI is InChI=1S/C17H24F2N2.2C2H6.C2H2.CH5N.CH4O.CH4S/c18-14-9-13(10-15(19)11-14)12-1-3-16(4-2-12)21-17-5-7-20-8-6-17;6*1-2/h9-12,16-17,20-21H,1-8H2;2*1-2H3;1-2H;2H2,1H3;2*2H,1H3. The number of piperidine rings is 1. The minimum atomic E-state index is -0.458. The van der Waals surface area contributed by atoms with Crippen molar-refractivity contribution in [2.45, 2.75) is 84.2 Å². The zero-order chi connectivity index (χ0) is 26.7. The molecule has 196 valence electrons. The van der Waals surface area contributed by atoms with E-state index in [1.807, 2.05) is 27.7 Å². The molecule has 0 atom stereocenters. The molecule has 0 radical (unpaired) electrons. The molecule has 0 bridgehead atoms. The van der Waals surface area contributed by atoms with Crippen LogP contribution < -0.4 is 16.4 Å². The summed E-state index contributed by atoms with van der Waals surface area (Å²) in [6, 6.07) is 5.15. The van der Waals surface area contributed by atoms with E-state index in [1.54, 1.807) is 6.26 Å². The van der Waals surface area contributed by atoms with Gasteiger partial charge >= 0.3 is 0 Å². The Balaban J connectivity index is -0.000000306. The summed E-state index contributed by atoms with van der Waals surface area (Å²) in [7, 11) is 2.50. The first-order chi connectivity index (χ1) is 16.2. The number of rotatable bonds is 3. The van der Waals surface area contributed by atoms with Gasteiger partial charge in [-0.2, -0.15) is 12.6 Å².